The van der Waals surface area contributed by atoms with E-state index in [-0.39, 0.29) is 11.7 Å². The van der Waals surface area contributed by atoms with Crippen molar-refractivity contribution in [2.45, 2.75) is 54.1 Å². The van der Waals surface area contributed by atoms with Gasteiger partial charge in [-0.15, -0.1) is 0 Å². The summed E-state index contributed by atoms with van der Waals surface area (Å²) in [4.78, 5) is 14.5. The molecule has 0 saturated heterocycles. The van der Waals surface area contributed by atoms with Crippen LogP contribution >= 0.6 is 0 Å². The number of aryl methyl sites for hydroxylation is 1. The van der Waals surface area contributed by atoms with Crippen molar-refractivity contribution in [3.05, 3.63) is 52.6 Å². The number of amides is 1. The Kier molecular flexibility index (Phi) is 6.34. The van der Waals surface area contributed by atoms with Gasteiger partial charge in [-0.2, -0.15) is 5.10 Å². The summed E-state index contributed by atoms with van der Waals surface area (Å²) in [5.41, 5.74) is 3.78. The van der Waals surface area contributed by atoms with Crippen molar-refractivity contribution in [2.24, 2.45) is 5.92 Å². The lowest BCUT2D eigenvalue weighted by atomic mass is 10.1. The van der Waals surface area contributed by atoms with Crippen LogP contribution in [0.15, 0.2) is 24.3 Å². The summed E-state index contributed by atoms with van der Waals surface area (Å²) < 4.78 is 15.4. The van der Waals surface area contributed by atoms with E-state index in [0.717, 1.165) is 29.1 Å². The molecule has 0 fully saturated rings. The fourth-order valence-corrected chi connectivity index (χ4v) is 3.01. The van der Waals surface area contributed by atoms with E-state index >= 15 is 0 Å². The molecule has 1 amide bonds. The zero-order valence-electron chi connectivity index (χ0n) is 15.8. The second-order valence-electron chi connectivity index (χ2n) is 6.94. The van der Waals surface area contributed by atoms with Crippen LogP contribution in [0.1, 0.15) is 43.3 Å². The SMILES string of the molecule is CCN(Cc1cccc(F)c1)C(=O)Cc1c(C)nn(CC(C)C)c1C. The van der Waals surface area contributed by atoms with Crippen molar-refractivity contribution in [3.8, 4) is 0 Å². The molecule has 136 valence electrons. The molecule has 0 saturated carbocycles. The molecule has 0 aliphatic heterocycles. The van der Waals surface area contributed by atoms with Gasteiger partial charge in [-0.1, -0.05) is 26.0 Å². The number of carbonyl (C=O) groups excluding carboxylic acids is 1. The molecule has 2 aromatic rings. The molecular formula is C20H28FN3O. The van der Waals surface area contributed by atoms with Crippen LogP contribution in [0, 0.1) is 25.6 Å². The summed E-state index contributed by atoms with van der Waals surface area (Å²) in [7, 11) is 0. The van der Waals surface area contributed by atoms with Gasteiger partial charge in [0.25, 0.3) is 0 Å². The third kappa shape index (κ3) is 4.91. The standard InChI is InChI=1S/C20H28FN3O/c1-6-23(13-17-8-7-9-18(21)10-17)20(25)11-19-15(4)22-24(16(19)5)12-14(2)3/h7-10,14H,6,11-13H2,1-5H3. The summed E-state index contributed by atoms with van der Waals surface area (Å²) in [5.74, 6) is 0.270. The van der Waals surface area contributed by atoms with Crippen LogP contribution in [-0.2, 0) is 24.3 Å². The highest BCUT2D eigenvalue weighted by molar-refractivity contribution is 5.79. The van der Waals surface area contributed by atoms with Crippen LogP contribution in [0.3, 0.4) is 0 Å². The maximum absolute atomic E-state index is 13.4. The Morgan fingerprint density at radius 1 is 1.32 bits per heavy atom. The first-order valence-electron chi connectivity index (χ1n) is 8.86. The molecule has 0 radical (unpaired) electrons. The lowest BCUT2D eigenvalue weighted by Crippen LogP contribution is -2.32. The Bertz CT molecular complexity index is 737. The largest absolute Gasteiger partial charge is 0.338 e. The van der Waals surface area contributed by atoms with E-state index in [9.17, 15) is 9.18 Å². The molecule has 0 aliphatic carbocycles. The fraction of sp³-hybridized carbons (Fsp3) is 0.500. The van der Waals surface area contributed by atoms with Crippen molar-refractivity contribution < 1.29 is 9.18 Å². The van der Waals surface area contributed by atoms with E-state index in [1.807, 2.05) is 31.5 Å². The Hall–Kier alpha value is -2.17. The molecule has 1 aromatic heterocycles. The molecule has 0 unspecified atom stereocenters. The van der Waals surface area contributed by atoms with Crippen LogP contribution in [0.2, 0.25) is 0 Å². The average Bonchev–Trinajstić information content (AvgIpc) is 2.79. The highest BCUT2D eigenvalue weighted by atomic mass is 19.1. The monoisotopic (exact) mass is 345 g/mol. The van der Waals surface area contributed by atoms with Crippen molar-refractivity contribution in [3.63, 3.8) is 0 Å². The van der Waals surface area contributed by atoms with E-state index in [2.05, 4.69) is 18.9 Å². The van der Waals surface area contributed by atoms with E-state index in [0.29, 0.717) is 25.4 Å². The van der Waals surface area contributed by atoms with Gasteiger partial charge in [0.1, 0.15) is 5.82 Å². The molecule has 4 nitrogen and oxygen atoms in total. The lowest BCUT2D eigenvalue weighted by Gasteiger charge is -2.21. The van der Waals surface area contributed by atoms with Gasteiger partial charge >= 0.3 is 0 Å². The molecule has 5 heteroatoms. The van der Waals surface area contributed by atoms with Gasteiger partial charge in [0.15, 0.2) is 0 Å². The molecule has 0 bridgehead atoms. The van der Waals surface area contributed by atoms with Crippen LogP contribution in [0.5, 0.6) is 0 Å². The first kappa shape index (κ1) is 19.2. The van der Waals surface area contributed by atoms with Crippen LogP contribution in [0.25, 0.3) is 0 Å². The number of likely N-dealkylation sites (N-methyl/N-ethyl adjacent to an activating group) is 1. The number of aromatic nitrogens is 2. The minimum absolute atomic E-state index is 0.0436. The Morgan fingerprint density at radius 3 is 2.64 bits per heavy atom. The van der Waals surface area contributed by atoms with Crippen molar-refractivity contribution in [2.75, 3.05) is 6.54 Å². The normalized spacial score (nSPS) is 11.2. The predicted octanol–water partition coefficient (Wildman–Crippen LogP) is 3.89. The minimum atomic E-state index is -0.275. The molecule has 0 aliphatic rings. The second kappa shape index (κ2) is 8.28. The molecule has 25 heavy (non-hydrogen) atoms. The summed E-state index contributed by atoms with van der Waals surface area (Å²) in [6, 6.07) is 6.41. The zero-order chi connectivity index (χ0) is 18.6. The molecule has 0 atom stereocenters. The smallest absolute Gasteiger partial charge is 0.227 e. The van der Waals surface area contributed by atoms with E-state index in [1.54, 1.807) is 11.0 Å². The van der Waals surface area contributed by atoms with E-state index in [1.165, 1.54) is 12.1 Å². The number of hydrogen-bond acceptors (Lipinski definition) is 2. The number of benzene rings is 1. The average molecular weight is 345 g/mol. The van der Waals surface area contributed by atoms with Crippen LogP contribution in [-0.4, -0.2) is 27.1 Å². The second-order valence-corrected chi connectivity index (χ2v) is 6.94. The quantitative estimate of drug-likeness (QED) is 0.764. The highest BCUT2D eigenvalue weighted by Gasteiger charge is 2.19. The molecule has 2 rings (SSSR count). The zero-order valence-corrected chi connectivity index (χ0v) is 15.8. The molecule has 0 spiro atoms. The van der Waals surface area contributed by atoms with Gasteiger partial charge in [-0.25, -0.2) is 4.39 Å². The first-order valence-corrected chi connectivity index (χ1v) is 8.86. The first-order chi connectivity index (χ1) is 11.8. The third-order valence-corrected chi connectivity index (χ3v) is 4.39. The summed E-state index contributed by atoms with van der Waals surface area (Å²) in [6.45, 7) is 12.1. The number of rotatable bonds is 7. The van der Waals surface area contributed by atoms with Crippen molar-refractivity contribution in [1.82, 2.24) is 14.7 Å². The minimum Gasteiger partial charge on any atom is -0.338 e. The van der Waals surface area contributed by atoms with Gasteiger partial charge in [-0.05, 0) is 44.4 Å². The van der Waals surface area contributed by atoms with Crippen LogP contribution in [0.4, 0.5) is 4.39 Å². The number of hydrogen-bond donors (Lipinski definition) is 0. The number of halogens is 1. The van der Waals surface area contributed by atoms with Gasteiger partial charge < -0.3 is 4.90 Å². The Balaban J connectivity index is 2.13. The molecule has 0 N–H and O–H groups in total. The highest BCUT2D eigenvalue weighted by Crippen LogP contribution is 2.17. The number of nitrogens with zero attached hydrogens (tertiary/aromatic N) is 3. The maximum Gasteiger partial charge on any atom is 0.227 e. The maximum atomic E-state index is 13.4. The summed E-state index contributed by atoms with van der Waals surface area (Å²) >= 11 is 0. The topological polar surface area (TPSA) is 38.1 Å². The van der Waals surface area contributed by atoms with Gasteiger partial charge in [0.05, 0.1) is 12.1 Å². The lowest BCUT2D eigenvalue weighted by molar-refractivity contribution is -0.130. The molecule has 1 heterocycles. The number of carbonyl (C=O) groups is 1. The van der Waals surface area contributed by atoms with Crippen molar-refractivity contribution in [1.29, 1.82) is 0 Å². The fourth-order valence-electron chi connectivity index (χ4n) is 3.01. The van der Waals surface area contributed by atoms with Gasteiger partial charge in [-0.3, -0.25) is 9.48 Å². The van der Waals surface area contributed by atoms with Crippen LogP contribution < -0.4 is 0 Å². The van der Waals surface area contributed by atoms with Gasteiger partial charge in [0, 0.05) is 30.9 Å². The van der Waals surface area contributed by atoms with E-state index < -0.39 is 0 Å². The summed E-state index contributed by atoms with van der Waals surface area (Å²) in [6.07, 6.45) is 0.332. The predicted molar refractivity (Wildman–Crippen MR) is 97.7 cm³/mol. The van der Waals surface area contributed by atoms with Crippen molar-refractivity contribution >= 4 is 5.91 Å². The Labute approximate surface area is 149 Å². The third-order valence-electron chi connectivity index (χ3n) is 4.39. The molecular weight excluding hydrogens is 317 g/mol. The van der Waals surface area contributed by atoms with E-state index in [4.69, 9.17) is 0 Å². The summed E-state index contributed by atoms with van der Waals surface area (Å²) in [5, 5.41) is 4.58. The molecule has 1 aromatic carbocycles. The Morgan fingerprint density at radius 2 is 2.04 bits per heavy atom. The van der Waals surface area contributed by atoms with Gasteiger partial charge in [0.2, 0.25) is 5.91 Å².